The van der Waals surface area contributed by atoms with Crippen molar-refractivity contribution in [3.63, 3.8) is 0 Å². The highest BCUT2D eigenvalue weighted by molar-refractivity contribution is 5.85. The van der Waals surface area contributed by atoms with Crippen molar-refractivity contribution in [2.45, 2.75) is 32.8 Å². The van der Waals surface area contributed by atoms with E-state index in [1.807, 2.05) is 0 Å². The second-order valence-corrected chi connectivity index (χ2v) is 4.36. The van der Waals surface area contributed by atoms with Gasteiger partial charge in [0.2, 0.25) is 0 Å². The summed E-state index contributed by atoms with van der Waals surface area (Å²) >= 11 is 0. The van der Waals surface area contributed by atoms with Crippen LogP contribution in [0.4, 0.5) is 0 Å². The average molecular weight is 242 g/mol. The number of aryl methyl sites for hydroxylation is 2. The van der Waals surface area contributed by atoms with Crippen molar-refractivity contribution >= 4 is 12.4 Å². The molecule has 1 aromatic rings. The van der Waals surface area contributed by atoms with Crippen molar-refractivity contribution in [3.05, 3.63) is 29.3 Å². The van der Waals surface area contributed by atoms with Crippen LogP contribution in [0.5, 0.6) is 5.75 Å². The van der Waals surface area contributed by atoms with Gasteiger partial charge in [0.05, 0.1) is 0 Å². The van der Waals surface area contributed by atoms with Gasteiger partial charge in [-0.15, -0.1) is 12.4 Å². The summed E-state index contributed by atoms with van der Waals surface area (Å²) < 4.78 is 5.98. The molecule has 1 unspecified atom stereocenters. The molecule has 90 valence electrons. The number of nitrogens with one attached hydrogen (secondary N) is 1. The third-order valence-corrected chi connectivity index (χ3v) is 2.88. The maximum absolute atomic E-state index is 5.98. The van der Waals surface area contributed by atoms with E-state index in [4.69, 9.17) is 4.74 Å². The first-order chi connectivity index (χ1) is 7.25. The maximum Gasteiger partial charge on any atom is 0.122 e. The quantitative estimate of drug-likeness (QED) is 0.860. The number of hydrogen-bond acceptors (Lipinski definition) is 2. The summed E-state index contributed by atoms with van der Waals surface area (Å²) in [6, 6.07) is 6.36. The van der Waals surface area contributed by atoms with Gasteiger partial charge in [-0.3, -0.25) is 0 Å². The summed E-state index contributed by atoms with van der Waals surface area (Å²) in [7, 11) is 0. The van der Waals surface area contributed by atoms with E-state index in [0.29, 0.717) is 6.10 Å². The Kier molecular flexibility index (Phi) is 5.10. The first kappa shape index (κ1) is 13.3. The van der Waals surface area contributed by atoms with E-state index in [1.54, 1.807) is 0 Å². The lowest BCUT2D eigenvalue weighted by Crippen LogP contribution is -2.37. The van der Waals surface area contributed by atoms with Crippen molar-refractivity contribution in [3.8, 4) is 5.75 Å². The van der Waals surface area contributed by atoms with Crippen LogP contribution in [-0.4, -0.2) is 19.2 Å². The van der Waals surface area contributed by atoms with Crippen molar-refractivity contribution in [1.82, 2.24) is 5.32 Å². The molecule has 1 fully saturated rings. The van der Waals surface area contributed by atoms with E-state index < -0.39 is 0 Å². The van der Waals surface area contributed by atoms with Gasteiger partial charge < -0.3 is 10.1 Å². The highest BCUT2D eigenvalue weighted by Crippen LogP contribution is 2.21. The summed E-state index contributed by atoms with van der Waals surface area (Å²) in [4.78, 5) is 0. The van der Waals surface area contributed by atoms with Crippen molar-refractivity contribution in [2.24, 2.45) is 0 Å². The molecule has 1 aliphatic rings. The van der Waals surface area contributed by atoms with E-state index in [9.17, 15) is 0 Å². The van der Waals surface area contributed by atoms with Crippen LogP contribution in [0.3, 0.4) is 0 Å². The van der Waals surface area contributed by atoms with Gasteiger partial charge in [-0.25, -0.2) is 0 Å². The molecule has 0 amide bonds. The van der Waals surface area contributed by atoms with Gasteiger partial charge in [0.15, 0.2) is 0 Å². The summed E-state index contributed by atoms with van der Waals surface area (Å²) in [6.07, 6.45) is 2.73. The average Bonchev–Trinajstić information content (AvgIpc) is 2.24. The molecule has 0 spiro atoms. The van der Waals surface area contributed by atoms with E-state index in [1.165, 1.54) is 24.0 Å². The molecule has 0 radical (unpaired) electrons. The maximum atomic E-state index is 5.98. The zero-order valence-corrected chi connectivity index (χ0v) is 10.8. The Morgan fingerprint density at radius 2 is 2.12 bits per heavy atom. The fourth-order valence-corrected chi connectivity index (χ4v) is 2.03. The molecular weight excluding hydrogens is 222 g/mol. The number of halogens is 1. The Labute approximate surface area is 104 Å². The fraction of sp³-hybridized carbons (Fsp3) is 0.538. The Hall–Kier alpha value is -0.730. The molecule has 0 bridgehead atoms. The predicted molar refractivity (Wildman–Crippen MR) is 69.7 cm³/mol. The minimum Gasteiger partial charge on any atom is -0.489 e. The number of piperidine rings is 1. The van der Waals surface area contributed by atoms with E-state index in [-0.39, 0.29) is 12.4 Å². The lowest BCUT2D eigenvalue weighted by atomic mass is 10.1. The molecule has 1 atom stereocenters. The standard InChI is InChI=1S/C13H19NO.ClH/c1-10-5-6-13(11(2)8-10)15-12-4-3-7-14-9-12;/h5-6,8,12,14H,3-4,7,9H2,1-2H3;1H. The fourth-order valence-electron chi connectivity index (χ4n) is 2.03. The van der Waals surface area contributed by atoms with Gasteiger partial charge in [0.25, 0.3) is 0 Å². The van der Waals surface area contributed by atoms with Crippen LogP contribution in [-0.2, 0) is 0 Å². The third kappa shape index (κ3) is 3.39. The number of benzene rings is 1. The minimum atomic E-state index is 0. The zero-order valence-electron chi connectivity index (χ0n) is 9.95. The molecule has 2 nitrogen and oxygen atoms in total. The van der Waals surface area contributed by atoms with Gasteiger partial charge in [-0.2, -0.15) is 0 Å². The Morgan fingerprint density at radius 1 is 1.31 bits per heavy atom. The van der Waals surface area contributed by atoms with Gasteiger partial charge in [0.1, 0.15) is 11.9 Å². The lowest BCUT2D eigenvalue weighted by Gasteiger charge is -2.24. The largest absolute Gasteiger partial charge is 0.489 e. The second kappa shape index (κ2) is 6.12. The molecule has 0 saturated carbocycles. The molecule has 0 aliphatic carbocycles. The molecule has 1 heterocycles. The molecular formula is C13H20ClNO. The predicted octanol–water partition coefficient (Wildman–Crippen LogP) is 2.86. The van der Waals surface area contributed by atoms with Crippen LogP contribution in [0.2, 0.25) is 0 Å². The number of rotatable bonds is 2. The molecule has 1 aromatic carbocycles. The van der Waals surface area contributed by atoms with Crippen LogP contribution in [0.15, 0.2) is 18.2 Å². The van der Waals surface area contributed by atoms with Crippen LogP contribution < -0.4 is 10.1 Å². The Bertz CT molecular complexity index is 335. The summed E-state index contributed by atoms with van der Waals surface area (Å²) in [5, 5.41) is 3.36. The van der Waals surface area contributed by atoms with Crippen LogP contribution >= 0.6 is 12.4 Å². The van der Waals surface area contributed by atoms with E-state index >= 15 is 0 Å². The van der Waals surface area contributed by atoms with Crippen LogP contribution in [0.25, 0.3) is 0 Å². The molecule has 16 heavy (non-hydrogen) atoms. The SMILES string of the molecule is Cc1ccc(OC2CCCNC2)c(C)c1.Cl. The first-order valence-corrected chi connectivity index (χ1v) is 5.70. The number of ether oxygens (including phenoxy) is 1. The topological polar surface area (TPSA) is 21.3 Å². The minimum absolute atomic E-state index is 0. The van der Waals surface area contributed by atoms with E-state index in [2.05, 4.69) is 37.4 Å². The smallest absolute Gasteiger partial charge is 0.122 e. The molecule has 3 heteroatoms. The lowest BCUT2D eigenvalue weighted by molar-refractivity contribution is 0.166. The highest BCUT2D eigenvalue weighted by Gasteiger charge is 2.14. The zero-order chi connectivity index (χ0) is 10.7. The summed E-state index contributed by atoms with van der Waals surface area (Å²) in [6.45, 7) is 6.33. The normalized spacial score (nSPS) is 20.0. The Morgan fingerprint density at radius 3 is 2.75 bits per heavy atom. The van der Waals surface area contributed by atoms with Crippen LogP contribution in [0.1, 0.15) is 24.0 Å². The van der Waals surface area contributed by atoms with E-state index in [0.717, 1.165) is 18.8 Å². The summed E-state index contributed by atoms with van der Waals surface area (Å²) in [5.41, 5.74) is 2.53. The van der Waals surface area contributed by atoms with Gasteiger partial charge in [0, 0.05) is 6.54 Å². The highest BCUT2D eigenvalue weighted by atomic mass is 35.5. The first-order valence-electron chi connectivity index (χ1n) is 5.70. The third-order valence-electron chi connectivity index (χ3n) is 2.88. The van der Waals surface area contributed by atoms with Gasteiger partial charge in [-0.05, 0) is 44.9 Å². The van der Waals surface area contributed by atoms with Gasteiger partial charge in [-0.1, -0.05) is 17.7 Å². The molecule has 1 saturated heterocycles. The molecule has 1 N–H and O–H groups in total. The van der Waals surface area contributed by atoms with Crippen molar-refractivity contribution < 1.29 is 4.74 Å². The monoisotopic (exact) mass is 241 g/mol. The van der Waals surface area contributed by atoms with Crippen molar-refractivity contribution in [2.75, 3.05) is 13.1 Å². The molecule has 2 rings (SSSR count). The Balaban J connectivity index is 0.00000128. The van der Waals surface area contributed by atoms with Crippen molar-refractivity contribution in [1.29, 1.82) is 0 Å². The summed E-state index contributed by atoms with van der Waals surface area (Å²) in [5.74, 6) is 1.04. The molecule has 1 aliphatic heterocycles. The van der Waals surface area contributed by atoms with Gasteiger partial charge >= 0.3 is 0 Å². The second-order valence-electron chi connectivity index (χ2n) is 4.36. The number of hydrogen-bond donors (Lipinski definition) is 1. The van der Waals surface area contributed by atoms with Crippen LogP contribution in [0, 0.1) is 13.8 Å². The molecule has 0 aromatic heterocycles.